The van der Waals surface area contributed by atoms with Gasteiger partial charge in [-0.25, -0.2) is 4.39 Å². The Morgan fingerprint density at radius 1 is 1.67 bits per heavy atom. The van der Waals surface area contributed by atoms with Crippen LogP contribution < -0.4 is 0 Å². The van der Waals surface area contributed by atoms with Gasteiger partial charge in [0.05, 0.1) is 6.61 Å². The van der Waals surface area contributed by atoms with Crippen LogP contribution in [0, 0.1) is 0 Å². The van der Waals surface area contributed by atoms with Crippen LogP contribution in [0.3, 0.4) is 0 Å². The first-order valence-electron chi connectivity index (χ1n) is 2.05. The van der Waals surface area contributed by atoms with Gasteiger partial charge in [0.25, 0.3) is 0 Å². The molecule has 0 saturated heterocycles. The standard InChI is InChI=1S/C4H9FO/c1-2-6-4-3-5/h2-4H2,1H3/i5-1. The van der Waals surface area contributed by atoms with Crippen molar-refractivity contribution in [2.24, 2.45) is 0 Å². The second-order valence-corrected chi connectivity index (χ2v) is 0.886. The lowest BCUT2D eigenvalue weighted by molar-refractivity contribution is 0.131. The van der Waals surface area contributed by atoms with Crippen LogP contribution in [-0.4, -0.2) is 19.9 Å². The van der Waals surface area contributed by atoms with Crippen molar-refractivity contribution in [2.45, 2.75) is 6.92 Å². The Balaban J connectivity index is 2.34. The van der Waals surface area contributed by atoms with E-state index >= 15 is 0 Å². The zero-order valence-electron chi connectivity index (χ0n) is 3.91. The summed E-state index contributed by atoms with van der Waals surface area (Å²) in [6.45, 7) is 2.34. The minimum atomic E-state index is -0.367. The largest absolute Gasteiger partial charge is 0.379 e. The van der Waals surface area contributed by atoms with Crippen molar-refractivity contribution in [2.75, 3.05) is 19.9 Å². The lowest BCUT2D eigenvalue weighted by Gasteiger charge is -1.89. The summed E-state index contributed by atoms with van der Waals surface area (Å²) in [5.74, 6) is 0. The van der Waals surface area contributed by atoms with Crippen LogP contribution >= 0.6 is 0 Å². The molecule has 0 bridgehead atoms. The van der Waals surface area contributed by atoms with E-state index in [0.717, 1.165) is 0 Å². The van der Waals surface area contributed by atoms with Gasteiger partial charge in [-0.15, -0.1) is 0 Å². The third-order valence-electron chi connectivity index (χ3n) is 0.426. The Kier molecular flexibility index (Phi) is 4.80. The molecule has 0 aliphatic rings. The van der Waals surface area contributed by atoms with Crippen LogP contribution in [0.25, 0.3) is 0 Å². The Bertz CT molecular complexity index is 19.5. The van der Waals surface area contributed by atoms with Crippen molar-refractivity contribution in [3.05, 3.63) is 0 Å². The molecule has 0 amide bonds. The predicted octanol–water partition coefficient (Wildman–Crippen LogP) is 0.992. The number of rotatable bonds is 3. The molecule has 0 aromatic rings. The first-order chi connectivity index (χ1) is 2.91. The zero-order chi connectivity index (χ0) is 4.83. The number of ether oxygens (including phenoxy) is 1. The molecular formula is C4H9FO. The molecule has 0 unspecified atom stereocenters. The van der Waals surface area contributed by atoms with Gasteiger partial charge in [0.1, 0.15) is 6.67 Å². The SMILES string of the molecule is CCOCC[18F]. The predicted molar refractivity (Wildman–Crippen MR) is 22.5 cm³/mol. The molecule has 1 nitrogen and oxygen atoms in total. The van der Waals surface area contributed by atoms with Crippen LogP contribution in [-0.2, 0) is 4.74 Å². The molecule has 0 saturated carbocycles. The van der Waals surface area contributed by atoms with E-state index in [2.05, 4.69) is 4.74 Å². The van der Waals surface area contributed by atoms with E-state index in [1.165, 1.54) is 0 Å². The highest BCUT2D eigenvalue weighted by atomic mass is 18.2. The Morgan fingerprint density at radius 2 is 2.33 bits per heavy atom. The molecule has 0 heterocycles. The van der Waals surface area contributed by atoms with Gasteiger partial charge >= 0.3 is 0 Å². The topological polar surface area (TPSA) is 9.23 Å². The fraction of sp³-hybridized carbons (Fsp3) is 1.00. The minimum absolute atomic E-state index is 0.247. The van der Waals surface area contributed by atoms with E-state index < -0.39 is 0 Å². The molecule has 0 N–H and O–H groups in total. The highest BCUT2D eigenvalue weighted by Gasteiger charge is 1.75. The number of alkyl halides is 1. The van der Waals surface area contributed by atoms with Gasteiger partial charge in [0.2, 0.25) is 0 Å². The number of hydrogen-bond acceptors (Lipinski definition) is 1. The molecule has 2 heteroatoms. The summed E-state index contributed by atoms with van der Waals surface area (Å²) in [6, 6.07) is 0. The number of halogens is 1. The van der Waals surface area contributed by atoms with Crippen LogP contribution in [0.5, 0.6) is 0 Å². The Hall–Kier alpha value is -0.110. The summed E-state index contributed by atoms with van der Waals surface area (Å²) in [7, 11) is 0. The summed E-state index contributed by atoms with van der Waals surface area (Å²) in [4.78, 5) is 0. The van der Waals surface area contributed by atoms with Crippen molar-refractivity contribution in [1.29, 1.82) is 0 Å². The Morgan fingerprint density at radius 3 is 2.50 bits per heavy atom. The molecule has 0 atom stereocenters. The van der Waals surface area contributed by atoms with Crippen LogP contribution in [0.15, 0.2) is 0 Å². The third kappa shape index (κ3) is 3.89. The van der Waals surface area contributed by atoms with Crippen molar-refractivity contribution in [1.82, 2.24) is 0 Å². The maximum absolute atomic E-state index is 11.1. The quantitative estimate of drug-likeness (QED) is 0.471. The van der Waals surface area contributed by atoms with Gasteiger partial charge < -0.3 is 4.74 Å². The van der Waals surface area contributed by atoms with Gasteiger partial charge in [-0.3, -0.25) is 0 Å². The first-order valence-corrected chi connectivity index (χ1v) is 2.05. The van der Waals surface area contributed by atoms with Gasteiger partial charge in [0, 0.05) is 6.61 Å². The molecule has 0 aliphatic carbocycles. The van der Waals surface area contributed by atoms with E-state index in [-0.39, 0.29) is 13.3 Å². The summed E-state index contributed by atoms with van der Waals surface area (Å²) in [6.07, 6.45) is 0. The summed E-state index contributed by atoms with van der Waals surface area (Å²) in [5.41, 5.74) is 0. The fourth-order valence-corrected chi connectivity index (χ4v) is 0.199. The molecule has 0 aromatic carbocycles. The first kappa shape index (κ1) is 5.89. The molecule has 0 radical (unpaired) electrons. The second kappa shape index (κ2) is 4.89. The van der Waals surface area contributed by atoms with Crippen molar-refractivity contribution in [3.8, 4) is 0 Å². The normalized spacial score (nSPS) is 9.00. The molecule has 6 heavy (non-hydrogen) atoms. The minimum Gasteiger partial charge on any atom is -0.379 e. The summed E-state index contributed by atoms with van der Waals surface area (Å²) >= 11 is 0. The molecule has 0 spiro atoms. The molecular weight excluding hydrogens is 82.0 g/mol. The van der Waals surface area contributed by atoms with Gasteiger partial charge in [0.15, 0.2) is 0 Å². The van der Waals surface area contributed by atoms with Crippen molar-refractivity contribution in [3.63, 3.8) is 0 Å². The zero-order valence-corrected chi connectivity index (χ0v) is 3.91. The van der Waals surface area contributed by atoms with Gasteiger partial charge in [-0.2, -0.15) is 0 Å². The van der Waals surface area contributed by atoms with Crippen LogP contribution in [0.4, 0.5) is 4.39 Å². The van der Waals surface area contributed by atoms with E-state index in [9.17, 15) is 4.39 Å². The lowest BCUT2D eigenvalue weighted by atomic mass is 10.8. The molecule has 0 rings (SSSR count). The van der Waals surface area contributed by atoms with Crippen molar-refractivity contribution >= 4 is 0 Å². The number of hydrogen-bond donors (Lipinski definition) is 0. The van der Waals surface area contributed by atoms with E-state index in [1.807, 2.05) is 6.92 Å². The van der Waals surface area contributed by atoms with Crippen LogP contribution in [0.2, 0.25) is 0 Å². The monoisotopic (exact) mass is 91.1 g/mol. The third-order valence-corrected chi connectivity index (χ3v) is 0.426. The highest BCUT2D eigenvalue weighted by molar-refractivity contribution is 4.19. The average Bonchev–Trinajstić information content (AvgIpc) is 1.61. The Labute approximate surface area is 37.1 Å². The fourth-order valence-electron chi connectivity index (χ4n) is 0.199. The van der Waals surface area contributed by atoms with Gasteiger partial charge in [-0.1, -0.05) is 0 Å². The molecule has 0 aromatic heterocycles. The molecule has 38 valence electrons. The van der Waals surface area contributed by atoms with Gasteiger partial charge in [-0.05, 0) is 6.92 Å². The summed E-state index contributed by atoms with van der Waals surface area (Å²) < 4.78 is 15.7. The molecule has 0 aliphatic heterocycles. The highest BCUT2D eigenvalue weighted by Crippen LogP contribution is 1.71. The lowest BCUT2D eigenvalue weighted by Crippen LogP contribution is -1.93. The van der Waals surface area contributed by atoms with E-state index in [0.29, 0.717) is 6.61 Å². The summed E-state index contributed by atoms with van der Waals surface area (Å²) in [5, 5.41) is 0. The van der Waals surface area contributed by atoms with Crippen LogP contribution in [0.1, 0.15) is 6.92 Å². The maximum Gasteiger partial charge on any atom is 0.113 e. The van der Waals surface area contributed by atoms with E-state index in [4.69, 9.17) is 0 Å². The molecule has 0 fully saturated rings. The second-order valence-electron chi connectivity index (χ2n) is 0.886. The maximum atomic E-state index is 11.1. The van der Waals surface area contributed by atoms with Crippen molar-refractivity contribution < 1.29 is 9.13 Å². The van der Waals surface area contributed by atoms with E-state index in [1.54, 1.807) is 0 Å². The average molecular weight is 91.1 g/mol. The smallest absolute Gasteiger partial charge is 0.113 e.